The van der Waals surface area contributed by atoms with Crippen LogP contribution < -0.4 is 0 Å². The number of thiocarbonyl (C=S) groups is 1. The summed E-state index contributed by atoms with van der Waals surface area (Å²) in [4.78, 5) is 0. The lowest BCUT2D eigenvalue weighted by Crippen LogP contribution is -2.50. The molecule has 2 nitrogen and oxygen atoms in total. The highest BCUT2D eigenvalue weighted by atomic mass is 32.1. The van der Waals surface area contributed by atoms with E-state index in [9.17, 15) is 0 Å². The van der Waals surface area contributed by atoms with Gasteiger partial charge in [-0.25, -0.2) is 0 Å². The van der Waals surface area contributed by atoms with Gasteiger partial charge >= 0.3 is 0 Å². The minimum Gasteiger partial charge on any atom is -0.487 e. The maximum Gasteiger partial charge on any atom is 0.162 e. The summed E-state index contributed by atoms with van der Waals surface area (Å²) in [6.45, 7) is 9.99. The summed E-state index contributed by atoms with van der Waals surface area (Å²) in [6.07, 6.45) is 4.97. The van der Waals surface area contributed by atoms with E-state index in [2.05, 4.69) is 31.3 Å². The molecule has 1 rings (SSSR count). The Labute approximate surface area is 113 Å². The number of rotatable bonds is 4. The average Bonchev–Trinajstić information content (AvgIpc) is 2.27. The molecular formula is C13H27NOSSi. The van der Waals surface area contributed by atoms with Crippen molar-refractivity contribution < 1.29 is 4.74 Å². The molecule has 1 aliphatic carbocycles. The van der Waals surface area contributed by atoms with Crippen LogP contribution in [0.4, 0.5) is 0 Å². The molecule has 4 heteroatoms. The maximum atomic E-state index is 5.47. The second-order valence-electron chi connectivity index (χ2n) is 6.04. The zero-order valence-corrected chi connectivity index (χ0v) is 13.8. The van der Waals surface area contributed by atoms with Crippen LogP contribution in [0.3, 0.4) is 0 Å². The lowest BCUT2D eigenvalue weighted by Gasteiger charge is -2.41. The summed E-state index contributed by atoms with van der Waals surface area (Å²) in [7, 11) is 1.16. The molecule has 0 radical (unpaired) electrons. The molecule has 0 aromatic carbocycles. The van der Waals surface area contributed by atoms with Crippen molar-refractivity contribution in [1.29, 1.82) is 0 Å². The van der Waals surface area contributed by atoms with Crippen molar-refractivity contribution in [3.05, 3.63) is 0 Å². The molecule has 0 saturated heterocycles. The monoisotopic (exact) mass is 273 g/mol. The minimum atomic E-state index is -1.14. The normalized spacial score (nSPS) is 26.0. The topological polar surface area (TPSA) is 12.5 Å². The van der Waals surface area contributed by atoms with Gasteiger partial charge in [0.05, 0.1) is 6.61 Å². The van der Waals surface area contributed by atoms with E-state index in [-0.39, 0.29) is 0 Å². The Balaban J connectivity index is 2.43. The van der Waals surface area contributed by atoms with Crippen LogP contribution in [0.2, 0.25) is 19.6 Å². The van der Waals surface area contributed by atoms with Gasteiger partial charge in [0.25, 0.3) is 0 Å². The predicted molar refractivity (Wildman–Crippen MR) is 81.1 cm³/mol. The summed E-state index contributed by atoms with van der Waals surface area (Å²) < 4.78 is 8.12. The molecule has 0 bridgehead atoms. The molecule has 0 unspecified atom stereocenters. The maximum absolute atomic E-state index is 5.47. The van der Waals surface area contributed by atoms with Crippen molar-refractivity contribution >= 4 is 25.5 Å². The van der Waals surface area contributed by atoms with E-state index in [1.807, 2.05) is 6.92 Å². The summed E-state index contributed by atoms with van der Waals surface area (Å²) in [5.41, 5.74) is 0. The number of nitrogens with zero attached hydrogens (tertiary/aromatic N) is 1. The molecule has 0 spiro atoms. The van der Waals surface area contributed by atoms with Gasteiger partial charge in [0.15, 0.2) is 5.05 Å². The molecule has 1 aliphatic rings. The van der Waals surface area contributed by atoms with E-state index in [1.54, 1.807) is 0 Å². The zero-order valence-electron chi connectivity index (χ0n) is 12.0. The summed E-state index contributed by atoms with van der Waals surface area (Å²) in [5.74, 6) is 0.524. The molecule has 0 aromatic rings. The van der Waals surface area contributed by atoms with E-state index >= 15 is 0 Å². The first-order chi connectivity index (χ1) is 7.86. The van der Waals surface area contributed by atoms with Crippen LogP contribution in [0.25, 0.3) is 0 Å². The van der Waals surface area contributed by atoms with Crippen LogP contribution in [0.1, 0.15) is 32.6 Å². The fraction of sp³-hybridized carbons (Fsp3) is 0.923. The van der Waals surface area contributed by atoms with Crippen LogP contribution in [0.5, 0.6) is 0 Å². The Morgan fingerprint density at radius 2 is 1.76 bits per heavy atom. The molecule has 0 aromatic heterocycles. The Bertz CT molecular complexity index is 257. The Hall–Kier alpha value is 0.0669. The lowest BCUT2D eigenvalue weighted by atomic mass is 9.86. The largest absolute Gasteiger partial charge is 0.487 e. The molecule has 17 heavy (non-hydrogen) atoms. The lowest BCUT2D eigenvalue weighted by molar-refractivity contribution is 0.234. The van der Waals surface area contributed by atoms with Gasteiger partial charge in [0, 0.05) is 12.0 Å². The highest BCUT2D eigenvalue weighted by Gasteiger charge is 2.31. The molecule has 0 atom stereocenters. The van der Waals surface area contributed by atoms with Gasteiger partial charge in [-0.05, 0) is 51.9 Å². The van der Waals surface area contributed by atoms with Gasteiger partial charge in [-0.3, -0.25) is 0 Å². The molecule has 0 amide bonds. The van der Waals surface area contributed by atoms with Crippen molar-refractivity contribution in [2.24, 2.45) is 5.92 Å². The van der Waals surface area contributed by atoms with Gasteiger partial charge in [-0.15, -0.1) is 0 Å². The smallest absolute Gasteiger partial charge is 0.162 e. The van der Waals surface area contributed by atoms with E-state index in [4.69, 9.17) is 17.0 Å². The van der Waals surface area contributed by atoms with Crippen molar-refractivity contribution in [3.63, 3.8) is 0 Å². The Morgan fingerprint density at radius 3 is 2.18 bits per heavy atom. The first-order valence-electron chi connectivity index (χ1n) is 6.75. The van der Waals surface area contributed by atoms with Crippen molar-refractivity contribution in [3.8, 4) is 0 Å². The Morgan fingerprint density at radius 1 is 1.24 bits per heavy atom. The molecule has 0 heterocycles. The molecule has 1 fully saturated rings. The van der Waals surface area contributed by atoms with E-state index in [1.165, 1.54) is 25.7 Å². The van der Waals surface area contributed by atoms with Crippen molar-refractivity contribution in [1.82, 2.24) is 4.57 Å². The second-order valence-corrected chi connectivity index (χ2v) is 11.5. The van der Waals surface area contributed by atoms with E-state index in [0.29, 0.717) is 12.5 Å². The van der Waals surface area contributed by atoms with Gasteiger partial charge in [-0.2, -0.15) is 0 Å². The standard InChI is InChI=1S/C13H27NOSSi/c1-6-15-13(16)11-7-9-12(10-8-11)14(2)17(3,4)5/h11-12H,6-10H2,1-5H3. The fourth-order valence-electron chi connectivity index (χ4n) is 2.51. The predicted octanol–water partition coefficient (Wildman–Crippen LogP) is 3.68. The third-order valence-corrected chi connectivity index (χ3v) is 6.86. The van der Waals surface area contributed by atoms with Crippen LogP contribution in [0.15, 0.2) is 0 Å². The number of hydrogen-bond donors (Lipinski definition) is 0. The summed E-state index contributed by atoms with van der Waals surface area (Å²) in [6, 6.07) is 0.766. The molecule has 1 saturated carbocycles. The third-order valence-electron chi connectivity index (χ3n) is 3.92. The van der Waals surface area contributed by atoms with Crippen molar-refractivity contribution in [2.75, 3.05) is 13.7 Å². The van der Waals surface area contributed by atoms with E-state index in [0.717, 1.165) is 11.1 Å². The zero-order chi connectivity index (χ0) is 13.1. The average molecular weight is 274 g/mol. The molecule has 0 aliphatic heterocycles. The van der Waals surface area contributed by atoms with Crippen molar-refractivity contribution in [2.45, 2.75) is 58.3 Å². The quantitative estimate of drug-likeness (QED) is 0.573. The van der Waals surface area contributed by atoms with Gasteiger partial charge in [-0.1, -0.05) is 19.6 Å². The van der Waals surface area contributed by atoms with Gasteiger partial charge in [0.1, 0.15) is 8.24 Å². The fourth-order valence-corrected chi connectivity index (χ4v) is 4.21. The van der Waals surface area contributed by atoms with Crippen LogP contribution >= 0.6 is 12.2 Å². The van der Waals surface area contributed by atoms with Gasteiger partial charge in [0.2, 0.25) is 0 Å². The minimum absolute atomic E-state index is 0.524. The molecule has 0 N–H and O–H groups in total. The first-order valence-corrected chi connectivity index (χ1v) is 10.6. The number of ether oxygens (including phenoxy) is 1. The van der Waals surface area contributed by atoms with E-state index < -0.39 is 8.24 Å². The highest BCUT2D eigenvalue weighted by Crippen LogP contribution is 2.30. The first kappa shape index (κ1) is 15.1. The van der Waals surface area contributed by atoms with Crippen LogP contribution in [-0.2, 0) is 4.74 Å². The summed E-state index contributed by atoms with van der Waals surface area (Å²) >= 11 is 5.32. The SMILES string of the molecule is CCOC(=S)C1CCC(N(C)[Si](C)(C)C)CC1. The summed E-state index contributed by atoms with van der Waals surface area (Å²) in [5, 5.41) is 0.849. The number of hydrogen-bond acceptors (Lipinski definition) is 3. The van der Waals surface area contributed by atoms with Crippen LogP contribution in [-0.4, -0.2) is 37.5 Å². The van der Waals surface area contributed by atoms with Crippen LogP contribution in [0, 0.1) is 5.92 Å². The van der Waals surface area contributed by atoms with Gasteiger partial charge < -0.3 is 9.30 Å². The second kappa shape index (κ2) is 6.30. The molecule has 100 valence electrons. The third kappa shape index (κ3) is 4.34. The highest BCUT2D eigenvalue weighted by molar-refractivity contribution is 7.80. The molecular weight excluding hydrogens is 246 g/mol. The Kier molecular flexibility index (Phi) is 5.60.